The van der Waals surface area contributed by atoms with Crippen LogP contribution in [0.15, 0.2) is 60.7 Å². The smallest absolute Gasteiger partial charge is 0.349 e. The minimum atomic E-state index is -0.757. The number of nitrogens with zero attached hydrogens (tertiary/aromatic N) is 1. The molecule has 0 unspecified atom stereocenters. The number of rotatable bonds is 9. The van der Waals surface area contributed by atoms with E-state index in [0.29, 0.717) is 27.8 Å². The average Bonchev–Trinajstić information content (AvgIpc) is 2.76. The van der Waals surface area contributed by atoms with Crippen LogP contribution in [0.1, 0.15) is 5.56 Å². The van der Waals surface area contributed by atoms with Crippen molar-refractivity contribution >= 4 is 35.2 Å². The highest BCUT2D eigenvalue weighted by atomic mass is 35.5. The molecule has 2 aromatic carbocycles. The van der Waals surface area contributed by atoms with Crippen LogP contribution in [-0.4, -0.2) is 32.2 Å². The lowest BCUT2D eigenvalue weighted by atomic mass is 10.1. The summed E-state index contributed by atoms with van der Waals surface area (Å²) in [5, 5.41) is 12.2. The largest absolute Gasteiger partial charge is 0.493 e. The highest BCUT2D eigenvalue weighted by molar-refractivity contribution is 6.33. The molecule has 0 atom stereocenters. The Balaban J connectivity index is 2.08. The first-order valence-corrected chi connectivity index (χ1v) is 9.11. The Morgan fingerprint density at radius 3 is 2.67 bits per heavy atom. The molecule has 0 heterocycles. The fourth-order valence-corrected chi connectivity index (χ4v) is 2.48. The van der Waals surface area contributed by atoms with Crippen molar-refractivity contribution in [2.75, 3.05) is 25.6 Å². The number of amides is 1. The molecule has 0 radical (unpaired) electrons. The second kappa shape index (κ2) is 11.3. The van der Waals surface area contributed by atoms with Gasteiger partial charge in [-0.15, -0.1) is 0 Å². The first kappa shape index (κ1) is 22.5. The van der Waals surface area contributed by atoms with Gasteiger partial charge < -0.3 is 19.5 Å². The number of nitriles is 1. The third-order valence-electron chi connectivity index (χ3n) is 3.68. The Bertz CT molecular complexity index is 1010. The summed E-state index contributed by atoms with van der Waals surface area (Å²) < 4.78 is 15.7. The molecule has 0 aliphatic carbocycles. The minimum absolute atomic E-state index is 0.00418. The lowest BCUT2D eigenvalue weighted by molar-refractivity contribution is -0.137. The van der Waals surface area contributed by atoms with Gasteiger partial charge in [0.05, 0.1) is 17.8 Å². The van der Waals surface area contributed by atoms with Crippen molar-refractivity contribution < 1.29 is 23.8 Å². The number of nitrogens with one attached hydrogen (secondary N) is 1. The van der Waals surface area contributed by atoms with Gasteiger partial charge in [-0.2, -0.15) is 5.26 Å². The molecule has 0 fully saturated rings. The van der Waals surface area contributed by atoms with Gasteiger partial charge in [0.25, 0.3) is 5.91 Å². The van der Waals surface area contributed by atoms with E-state index in [1.807, 2.05) is 0 Å². The van der Waals surface area contributed by atoms with Gasteiger partial charge >= 0.3 is 5.97 Å². The Labute approximate surface area is 179 Å². The molecule has 0 aliphatic rings. The third kappa shape index (κ3) is 6.40. The van der Waals surface area contributed by atoms with E-state index in [4.69, 9.17) is 31.1 Å². The third-order valence-corrected chi connectivity index (χ3v) is 4.01. The zero-order valence-electron chi connectivity index (χ0n) is 16.2. The zero-order valence-corrected chi connectivity index (χ0v) is 16.9. The van der Waals surface area contributed by atoms with Crippen molar-refractivity contribution in [3.63, 3.8) is 0 Å². The van der Waals surface area contributed by atoms with Gasteiger partial charge in [-0.3, -0.25) is 4.79 Å². The monoisotopic (exact) mass is 426 g/mol. The SMILES string of the molecule is C=CCOC(=O)/C(C#N)=C/c1ccc(OCC(=O)Nc2ccccc2Cl)c(OC)c1. The van der Waals surface area contributed by atoms with Crippen LogP contribution in [0.3, 0.4) is 0 Å². The summed E-state index contributed by atoms with van der Waals surface area (Å²) in [6, 6.07) is 13.4. The van der Waals surface area contributed by atoms with Crippen molar-refractivity contribution in [1.29, 1.82) is 5.26 Å². The number of esters is 1. The van der Waals surface area contributed by atoms with Crippen LogP contribution in [0, 0.1) is 11.3 Å². The average molecular weight is 427 g/mol. The Morgan fingerprint density at radius 1 is 1.23 bits per heavy atom. The van der Waals surface area contributed by atoms with Crippen molar-refractivity contribution in [2.45, 2.75) is 0 Å². The molecule has 0 saturated heterocycles. The molecule has 154 valence electrons. The first-order valence-electron chi connectivity index (χ1n) is 8.73. The topological polar surface area (TPSA) is 97.7 Å². The van der Waals surface area contributed by atoms with E-state index >= 15 is 0 Å². The van der Waals surface area contributed by atoms with Gasteiger partial charge in [-0.05, 0) is 35.9 Å². The van der Waals surface area contributed by atoms with E-state index in [1.54, 1.807) is 48.5 Å². The molecule has 1 N–H and O–H groups in total. The first-order chi connectivity index (χ1) is 14.5. The lowest BCUT2D eigenvalue weighted by Crippen LogP contribution is -2.20. The van der Waals surface area contributed by atoms with Gasteiger partial charge in [0.2, 0.25) is 0 Å². The predicted molar refractivity (Wildman–Crippen MR) is 113 cm³/mol. The van der Waals surface area contributed by atoms with Crippen LogP contribution in [0.4, 0.5) is 5.69 Å². The number of anilines is 1. The van der Waals surface area contributed by atoms with E-state index in [9.17, 15) is 9.59 Å². The molecule has 8 heteroatoms. The molecule has 0 aliphatic heterocycles. The van der Waals surface area contributed by atoms with Crippen LogP contribution in [0.5, 0.6) is 11.5 Å². The second-order valence-corrected chi connectivity index (χ2v) is 6.19. The quantitative estimate of drug-likeness (QED) is 0.281. The van der Waals surface area contributed by atoms with Crippen molar-refractivity contribution in [1.82, 2.24) is 0 Å². The number of hydrogen-bond acceptors (Lipinski definition) is 6. The number of carbonyl (C=O) groups excluding carboxylic acids is 2. The number of methoxy groups -OCH3 is 1. The molecule has 0 spiro atoms. The zero-order chi connectivity index (χ0) is 21.9. The number of hydrogen-bond donors (Lipinski definition) is 1. The van der Waals surface area contributed by atoms with Crippen LogP contribution in [-0.2, 0) is 14.3 Å². The maximum atomic E-state index is 12.1. The molecular formula is C22H19ClN2O5. The number of para-hydroxylation sites is 1. The fourth-order valence-electron chi connectivity index (χ4n) is 2.30. The van der Waals surface area contributed by atoms with Gasteiger partial charge in [-0.25, -0.2) is 4.79 Å². The van der Waals surface area contributed by atoms with Gasteiger partial charge in [0, 0.05) is 0 Å². The van der Waals surface area contributed by atoms with Crippen LogP contribution < -0.4 is 14.8 Å². The van der Waals surface area contributed by atoms with E-state index in [2.05, 4.69) is 11.9 Å². The highest BCUT2D eigenvalue weighted by Crippen LogP contribution is 2.29. The van der Waals surface area contributed by atoms with Gasteiger partial charge in [0.15, 0.2) is 18.1 Å². The van der Waals surface area contributed by atoms with Crippen molar-refractivity contribution in [2.24, 2.45) is 0 Å². The summed E-state index contributed by atoms with van der Waals surface area (Å²) in [6.45, 7) is 3.18. The highest BCUT2D eigenvalue weighted by Gasteiger charge is 2.13. The Hall–Kier alpha value is -3.76. The van der Waals surface area contributed by atoms with Crippen LogP contribution >= 0.6 is 11.6 Å². The summed E-state index contributed by atoms with van der Waals surface area (Å²) in [4.78, 5) is 24.0. The lowest BCUT2D eigenvalue weighted by Gasteiger charge is -2.12. The minimum Gasteiger partial charge on any atom is -0.493 e. The number of halogens is 1. The molecule has 0 bridgehead atoms. The van der Waals surface area contributed by atoms with Crippen molar-refractivity contribution in [3.8, 4) is 17.6 Å². The molecule has 0 saturated carbocycles. The predicted octanol–water partition coefficient (Wildman–Crippen LogP) is 4.00. The molecule has 2 rings (SSSR count). The summed E-state index contributed by atoms with van der Waals surface area (Å²) in [5.41, 5.74) is 0.825. The molecule has 1 amide bonds. The molecule has 30 heavy (non-hydrogen) atoms. The Morgan fingerprint density at radius 2 is 2.00 bits per heavy atom. The normalized spacial score (nSPS) is 10.5. The maximum absolute atomic E-state index is 12.1. The summed E-state index contributed by atoms with van der Waals surface area (Å²) >= 11 is 6.01. The molecule has 7 nitrogen and oxygen atoms in total. The molecular weight excluding hydrogens is 408 g/mol. The molecule has 0 aromatic heterocycles. The van der Waals surface area contributed by atoms with Gasteiger partial charge in [0.1, 0.15) is 18.2 Å². The van der Waals surface area contributed by atoms with E-state index in [-0.39, 0.29) is 18.8 Å². The maximum Gasteiger partial charge on any atom is 0.349 e. The van der Waals surface area contributed by atoms with Gasteiger partial charge in [-0.1, -0.05) is 42.5 Å². The second-order valence-electron chi connectivity index (χ2n) is 5.78. The number of carbonyl (C=O) groups is 2. The fraction of sp³-hybridized carbons (Fsp3) is 0.136. The van der Waals surface area contributed by atoms with Crippen LogP contribution in [0.25, 0.3) is 6.08 Å². The summed E-state index contributed by atoms with van der Waals surface area (Å²) in [6.07, 6.45) is 2.77. The van der Waals surface area contributed by atoms with Crippen LogP contribution in [0.2, 0.25) is 5.02 Å². The standard InChI is InChI=1S/C22H19ClN2O5/c1-3-10-29-22(27)16(13-24)11-15-8-9-19(20(12-15)28-2)30-14-21(26)25-18-7-5-4-6-17(18)23/h3-9,11-12H,1,10,14H2,2H3,(H,25,26)/b16-11+. The molecule has 2 aromatic rings. The summed E-state index contributed by atoms with van der Waals surface area (Å²) in [7, 11) is 1.43. The number of ether oxygens (including phenoxy) is 3. The number of benzene rings is 2. The Kier molecular flexibility index (Phi) is 8.48. The van der Waals surface area contributed by atoms with E-state index in [1.165, 1.54) is 19.3 Å². The van der Waals surface area contributed by atoms with E-state index in [0.717, 1.165) is 0 Å². The summed E-state index contributed by atoms with van der Waals surface area (Å²) in [5.74, 6) is -0.512. The van der Waals surface area contributed by atoms with E-state index < -0.39 is 11.9 Å². The van der Waals surface area contributed by atoms with Crippen molar-refractivity contribution in [3.05, 3.63) is 71.3 Å².